The van der Waals surface area contributed by atoms with Crippen LogP contribution < -0.4 is 16.0 Å². The number of hydrogen-bond acceptors (Lipinski definition) is 3. The van der Waals surface area contributed by atoms with Gasteiger partial charge in [0, 0.05) is 30.0 Å². The van der Waals surface area contributed by atoms with E-state index in [0.717, 1.165) is 35.2 Å². The van der Waals surface area contributed by atoms with Crippen LogP contribution in [0.4, 0.5) is 16.2 Å². The highest BCUT2D eigenvalue weighted by molar-refractivity contribution is 6.00. The summed E-state index contributed by atoms with van der Waals surface area (Å²) < 4.78 is 0. The highest BCUT2D eigenvalue weighted by atomic mass is 16.2. The molecule has 7 nitrogen and oxygen atoms in total. The Labute approximate surface area is 176 Å². The lowest BCUT2D eigenvalue weighted by Gasteiger charge is -2.19. The van der Waals surface area contributed by atoms with E-state index >= 15 is 0 Å². The zero-order valence-corrected chi connectivity index (χ0v) is 17.8. The van der Waals surface area contributed by atoms with Gasteiger partial charge in [0.25, 0.3) is 5.91 Å². The van der Waals surface area contributed by atoms with E-state index in [2.05, 4.69) is 16.0 Å². The molecule has 0 aromatic heterocycles. The quantitative estimate of drug-likeness (QED) is 0.682. The maximum Gasteiger partial charge on any atom is 0.319 e. The summed E-state index contributed by atoms with van der Waals surface area (Å²) in [4.78, 5) is 38.5. The average molecular weight is 409 g/mol. The summed E-state index contributed by atoms with van der Waals surface area (Å²) >= 11 is 0. The van der Waals surface area contributed by atoms with Crippen LogP contribution in [0, 0.1) is 20.8 Å². The number of anilines is 2. The Hall–Kier alpha value is -3.35. The van der Waals surface area contributed by atoms with Gasteiger partial charge in [-0.3, -0.25) is 9.59 Å². The Balaban J connectivity index is 1.60. The number of urea groups is 1. The Morgan fingerprint density at radius 2 is 1.67 bits per heavy atom. The lowest BCUT2D eigenvalue weighted by Crippen LogP contribution is -2.35. The molecule has 0 spiro atoms. The Kier molecular flexibility index (Phi) is 6.40. The predicted octanol–water partition coefficient (Wildman–Crippen LogP) is 3.61. The number of likely N-dealkylation sites (N-methyl/N-ethyl adjacent to an activating group) is 1. The van der Waals surface area contributed by atoms with Crippen LogP contribution in [0.5, 0.6) is 0 Å². The fraction of sp³-hybridized carbons (Fsp3) is 0.348. The van der Waals surface area contributed by atoms with Crippen LogP contribution in [0.1, 0.15) is 39.9 Å². The summed E-state index contributed by atoms with van der Waals surface area (Å²) in [6.45, 7) is 5.83. The van der Waals surface area contributed by atoms with Crippen molar-refractivity contribution in [1.29, 1.82) is 0 Å². The summed E-state index contributed by atoms with van der Waals surface area (Å²) in [5.41, 5.74) is 4.81. The van der Waals surface area contributed by atoms with Crippen molar-refractivity contribution in [3.63, 3.8) is 0 Å². The molecule has 2 aromatic carbocycles. The standard InChI is InChI=1S/C23H28N4O3/c1-14-10-15(2)21(16(3)11-14)26-20(28)13-27(4)22(29)17-6-5-7-19(12-17)25-23(30)24-18-8-9-18/h5-7,10-12,18H,8-9,13H2,1-4H3,(H,26,28)(H2,24,25,30). The van der Waals surface area contributed by atoms with E-state index in [-0.39, 0.29) is 30.4 Å². The van der Waals surface area contributed by atoms with E-state index < -0.39 is 0 Å². The second-order valence-electron chi connectivity index (χ2n) is 7.94. The molecule has 30 heavy (non-hydrogen) atoms. The number of nitrogens with one attached hydrogen (secondary N) is 3. The van der Waals surface area contributed by atoms with Gasteiger partial charge in [-0.15, -0.1) is 0 Å². The minimum Gasteiger partial charge on any atom is -0.335 e. The summed E-state index contributed by atoms with van der Waals surface area (Å²) in [5, 5.41) is 8.48. The number of nitrogens with zero attached hydrogens (tertiary/aromatic N) is 1. The fourth-order valence-corrected chi connectivity index (χ4v) is 3.37. The first kappa shape index (κ1) is 21.4. The third kappa shape index (κ3) is 5.59. The number of benzene rings is 2. The topological polar surface area (TPSA) is 90.5 Å². The molecule has 0 radical (unpaired) electrons. The third-order valence-corrected chi connectivity index (χ3v) is 4.95. The Morgan fingerprint density at radius 3 is 2.30 bits per heavy atom. The van der Waals surface area contributed by atoms with Crippen LogP contribution in [-0.4, -0.2) is 42.4 Å². The molecule has 0 bridgehead atoms. The van der Waals surface area contributed by atoms with E-state index in [4.69, 9.17) is 0 Å². The van der Waals surface area contributed by atoms with Crippen molar-refractivity contribution in [1.82, 2.24) is 10.2 Å². The van der Waals surface area contributed by atoms with Crippen LogP contribution in [0.3, 0.4) is 0 Å². The van der Waals surface area contributed by atoms with Crippen molar-refractivity contribution in [3.05, 3.63) is 58.7 Å². The monoisotopic (exact) mass is 408 g/mol. The van der Waals surface area contributed by atoms with Crippen LogP contribution in [0.15, 0.2) is 36.4 Å². The maximum absolute atomic E-state index is 12.8. The summed E-state index contributed by atoms with van der Waals surface area (Å²) in [7, 11) is 1.58. The molecule has 0 heterocycles. The first-order valence-corrected chi connectivity index (χ1v) is 10.0. The van der Waals surface area contributed by atoms with Crippen LogP contribution >= 0.6 is 0 Å². The number of carbonyl (C=O) groups excluding carboxylic acids is 3. The second kappa shape index (κ2) is 8.98. The molecule has 1 saturated carbocycles. The molecule has 3 N–H and O–H groups in total. The van der Waals surface area contributed by atoms with Crippen molar-refractivity contribution >= 4 is 29.2 Å². The maximum atomic E-state index is 12.8. The van der Waals surface area contributed by atoms with Crippen molar-refractivity contribution in [2.24, 2.45) is 0 Å². The van der Waals surface area contributed by atoms with Crippen molar-refractivity contribution in [2.75, 3.05) is 24.2 Å². The van der Waals surface area contributed by atoms with E-state index in [1.165, 1.54) is 4.90 Å². The third-order valence-electron chi connectivity index (χ3n) is 4.95. The zero-order valence-electron chi connectivity index (χ0n) is 17.8. The molecule has 2 aromatic rings. The molecule has 1 fully saturated rings. The van der Waals surface area contributed by atoms with Gasteiger partial charge in [-0.05, 0) is 62.9 Å². The van der Waals surface area contributed by atoms with Gasteiger partial charge in [-0.25, -0.2) is 4.79 Å². The number of amides is 4. The van der Waals surface area contributed by atoms with Crippen LogP contribution in [-0.2, 0) is 4.79 Å². The minimum absolute atomic E-state index is 0.0780. The SMILES string of the molecule is Cc1cc(C)c(NC(=O)CN(C)C(=O)c2cccc(NC(=O)NC3CC3)c2)c(C)c1. The van der Waals surface area contributed by atoms with E-state index in [1.54, 1.807) is 31.3 Å². The molecule has 0 aliphatic heterocycles. The highest BCUT2D eigenvalue weighted by Gasteiger charge is 2.23. The summed E-state index contributed by atoms with van der Waals surface area (Å²) in [5.74, 6) is -0.562. The average Bonchev–Trinajstić information content (AvgIpc) is 3.48. The molecule has 0 atom stereocenters. The molecule has 158 valence electrons. The first-order valence-electron chi connectivity index (χ1n) is 10.0. The van der Waals surface area contributed by atoms with E-state index in [1.807, 2.05) is 32.9 Å². The number of rotatable bonds is 6. The molecule has 1 aliphatic rings. The summed E-state index contributed by atoms with van der Waals surface area (Å²) in [6.07, 6.45) is 2.00. The molecular formula is C23H28N4O3. The van der Waals surface area contributed by atoms with E-state index in [0.29, 0.717) is 11.3 Å². The van der Waals surface area contributed by atoms with E-state index in [9.17, 15) is 14.4 Å². The molecule has 0 saturated heterocycles. The zero-order chi connectivity index (χ0) is 21.8. The Morgan fingerprint density at radius 1 is 1.00 bits per heavy atom. The van der Waals surface area contributed by atoms with Crippen molar-refractivity contribution in [2.45, 2.75) is 39.7 Å². The normalized spacial score (nSPS) is 12.8. The van der Waals surface area contributed by atoms with Gasteiger partial charge in [0.2, 0.25) is 5.91 Å². The van der Waals surface area contributed by atoms with Gasteiger partial charge >= 0.3 is 6.03 Å². The van der Waals surface area contributed by atoms with Gasteiger partial charge in [0.05, 0.1) is 6.54 Å². The summed E-state index contributed by atoms with van der Waals surface area (Å²) in [6, 6.07) is 10.7. The highest BCUT2D eigenvalue weighted by Crippen LogP contribution is 2.22. The fourth-order valence-electron chi connectivity index (χ4n) is 3.37. The van der Waals surface area contributed by atoms with Gasteiger partial charge < -0.3 is 20.9 Å². The molecule has 4 amide bonds. The number of carbonyl (C=O) groups is 3. The predicted molar refractivity (Wildman–Crippen MR) is 118 cm³/mol. The van der Waals surface area contributed by atoms with Crippen LogP contribution in [0.2, 0.25) is 0 Å². The molecular weight excluding hydrogens is 380 g/mol. The molecule has 0 unspecified atom stereocenters. The van der Waals surface area contributed by atoms with Gasteiger partial charge in [0.15, 0.2) is 0 Å². The second-order valence-corrected chi connectivity index (χ2v) is 7.94. The molecule has 1 aliphatic carbocycles. The smallest absolute Gasteiger partial charge is 0.319 e. The number of hydrogen-bond donors (Lipinski definition) is 3. The lowest BCUT2D eigenvalue weighted by atomic mass is 10.1. The number of aryl methyl sites for hydroxylation is 3. The molecule has 7 heteroatoms. The largest absolute Gasteiger partial charge is 0.335 e. The first-order chi connectivity index (χ1) is 14.2. The van der Waals surface area contributed by atoms with Gasteiger partial charge in [-0.1, -0.05) is 23.8 Å². The van der Waals surface area contributed by atoms with Crippen molar-refractivity contribution in [3.8, 4) is 0 Å². The Bertz CT molecular complexity index is 959. The minimum atomic E-state index is -0.297. The van der Waals surface area contributed by atoms with Crippen LogP contribution in [0.25, 0.3) is 0 Å². The molecule has 3 rings (SSSR count). The van der Waals surface area contributed by atoms with Gasteiger partial charge in [0.1, 0.15) is 0 Å². The van der Waals surface area contributed by atoms with Crippen molar-refractivity contribution < 1.29 is 14.4 Å². The van der Waals surface area contributed by atoms with Gasteiger partial charge in [-0.2, -0.15) is 0 Å². The lowest BCUT2D eigenvalue weighted by molar-refractivity contribution is -0.116.